The van der Waals surface area contributed by atoms with Crippen LogP contribution in [0.1, 0.15) is 22.5 Å². The molecule has 0 aliphatic carbocycles. The van der Waals surface area contributed by atoms with Crippen LogP contribution >= 0.6 is 12.2 Å². The smallest absolute Gasteiger partial charge is 0.310 e. The molecule has 0 bridgehead atoms. The molecule has 1 aromatic heterocycles. The van der Waals surface area contributed by atoms with E-state index in [4.69, 9.17) is 21.7 Å². The standard InChI is InChI=1S/C19H19N5O4S/c1-12-4-6-16(24(25)26)18(8-12)28-11-15-9-14(5-7-17(15)27-3)10-20-23-13(2)21-22-19(23)29/h4-10H,11H2,1-3H3,(H,22,29)/b20-10+. The van der Waals surface area contributed by atoms with Crippen molar-refractivity contribution in [2.75, 3.05) is 7.11 Å². The van der Waals surface area contributed by atoms with E-state index in [1.54, 1.807) is 38.4 Å². The van der Waals surface area contributed by atoms with Crippen LogP contribution in [0.15, 0.2) is 41.5 Å². The lowest BCUT2D eigenvalue weighted by molar-refractivity contribution is -0.386. The monoisotopic (exact) mass is 413 g/mol. The number of nitro groups is 1. The van der Waals surface area contributed by atoms with Gasteiger partial charge >= 0.3 is 5.69 Å². The second-order valence-electron chi connectivity index (χ2n) is 6.22. The molecule has 29 heavy (non-hydrogen) atoms. The summed E-state index contributed by atoms with van der Waals surface area (Å²) in [4.78, 5) is 10.8. The van der Waals surface area contributed by atoms with Gasteiger partial charge < -0.3 is 9.47 Å². The van der Waals surface area contributed by atoms with Gasteiger partial charge in [-0.1, -0.05) is 6.07 Å². The third-order valence-corrected chi connectivity index (χ3v) is 4.40. The summed E-state index contributed by atoms with van der Waals surface area (Å²) in [6.45, 7) is 3.72. The molecule has 2 aromatic carbocycles. The highest BCUT2D eigenvalue weighted by Crippen LogP contribution is 2.30. The summed E-state index contributed by atoms with van der Waals surface area (Å²) >= 11 is 5.13. The summed E-state index contributed by atoms with van der Waals surface area (Å²) in [6.07, 6.45) is 1.64. The first kappa shape index (κ1) is 20.2. The summed E-state index contributed by atoms with van der Waals surface area (Å²) < 4.78 is 13.0. The minimum absolute atomic E-state index is 0.0860. The zero-order chi connectivity index (χ0) is 21.0. The van der Waals surface area contributed by atoms with E-state index in [9.17, 15) is 10.1 Å². The fourth-order valence-corrected chi connectivity index (χ4v) is 2.89. The number of aryl methyl sites for hydroxylation is 2. The Labute approximate surface area is 171 Å². The van der Waals surface area contributed by atoms with Crippen LogP contribution in [0.25, 0.3) is 0 Å². The van der Waals surface area contributed by atoms with Crippen molar-refractivity contribution in [3.05, 3.63) is 73.8 Å². The number of nitrogens with zero attached hydrogens (tertiary/aromatic N) is 4. The predicted octanol–water partition coefficient (Wildman–Crippen LogP) is 3.94. The van der Waals surface area contributed by atoms with Gasteiger partial charge in [0.15, 0.2) is 5.75 Å². The van der Waals surface area contributed by atoms with Crippen LogP contribution in [0.3, 0.4) is 0 Å². The van der Waals surface area contributed by atoms with Crippen molar-refractivity contribution in [2.45, 2.75) is 20.5 Å². The fraction of sp³-hybridized carbons (Fsp3) is 0.211. The Morgan fingerprint density at radius 2 is 2.07 bits per heavy atom. The van der Waals surface area contributed by atoms with E-state index >= 15 is 0 Å². The van der Waals surface area contributed by atoms with E-state index in [1.165, 1.54) is 10.7 Å². The lowest BCUT2D eigenvalue weighted by Gasteiger charge is -2.12. The van der Waals surface area contributed by atoms with E-state index in [-0.39, 0.29) is 18.0 Å². The first-order valence-corrected chi connectivity index (χ1v) is 9.03. The maximum absolute atomic E-state index is 11.2. The second-order valence-corrected chi connectivity index (χ2v) is 6.61. The Hall–Kier alpha value is -3.53. The zero-order valence-electron chi connectivity index (χ0n) is 16.1. The van der Waals surface area contributed by atoms with Gasteiger partial charge in [0.2, 0.25) is 4.77 Å². The highest BCUT2D eigenvalue weighted by molar-refractivity contribution is 7.71. The number of ether oxygens (including phenoxy) is 2. The Balaban J connectivity index is 1.86. The van der Waals surface area contributed by atoms with Gasteiger partial charge in [0, 0.05) is 11.6 Å². The third kappa shape index (κ3) is 4.66. The molecule has 1 heterocycles. The van der Waals surface area contributed by atoms with Crippen LogP contribution in [0.4, 0.5) is 5.69 Å². The minimum Gasteiger partial charge on any atom is -0.496 e. The molecule has 0 atom stereocenters. The van der Waals surface area contributed by atoms with Gasteiger partial charge in [-0.3, -0.25) is 15.2 Å². The Bertz CT molecular complexity index is 1140. The molecule has 0 fully saturated rings. The summed E-state index contributed by atoms with van der Waals surface area (Å²) in [5.74, 6) is 1.44. The van der Waals surface area contributed by atoms with Gasteiger partial charge in [-0.25, -0.2) is 0 Å². The highest BCUT2D eigenvalue weighted by Gasteiger charge is 2.16. The van der Waals surface area contributed by atoms with Crippen LogP contribution in [-0.4, -0.2) is 33.1 Å². The van der Waals surface area contributed by atoms with Gasteiger partial charge in [-0.05, 0) is 61.5 Å². The van der Waals surface area contributed by atoms with E-state index in [0.29, 0.717) is 16.3 Å². The number of nitrogens with one attached hydrogen (secondary N) is 1. The maximum Gasteiger partial charge on any atom is 0.310 e. The number of H-pyrrole nitrogens is 1. The lowest BCUT2D eigenvalue weighted by Crippen LogP contribution is -2.02. The number of hydrogen-bond acceptors (Lipinski definition) is 7. The lowest BCUT2D eigenvalue weighted by atomic mass is 10.1. The van der Waals surface area contributed by atoms with Crippen molar-refractivity contribution in [2.24, 2.45) is 5.10 Å². The summed E-state index contributed by atoms with van der Waals surface area (Å²) in [7, 11) is 1.55. The average Bonchev–Trinajstić information content (AvgIpc) is 3.02. The molecule has 0 amide bonds. The molecule has 3 rings (SSSR count). The van der Waals surface area contributed by atoms with Crippen LogP contribution in [0.5, 0.6) is 11.5 Å². The van der Waals surface area contributed by atoms with Gasteiger partial charge in [0.25, 0.3) is 0 Å². The summed E-state index contributed by atoms with van der Waals surface area (Å²) in [5, 5.41) is 22.2. The third-order valence-electron chi connectivity index (χ3n) is 4.13. The van der Waals surface area contributed by atoms with Crippen molar-refractivity contribution in [1.29, 1.82) is 0 Å². The quantitative estimate of drug-likeness (QED) is 0.272. The maximum atomic E-state index is 11.2. The van der Waals surface area contributed by atoms with Gasteiger partial charge in [0.05, 0.1) is 18.2 Å². The zero-order valence-corrected chi connectivity index (χ0v) is 16.9. The number of aromatic amines is 1. The van der Waals surface area contributed by atoms with E-state index in [0.717, 1.165) is 16.7 Å². The van der Waals surface area contributed by atoms with Crippen LogP contribution in [0, 0.1) is 28.7 Å². The molecule has 0 saturated carbocycles. The van der Waals surface area contributed by atoms with Crippen molar-refractivity contribution in [3.8, 4) is 11.5 Å². The number of methoxy groups -OCH3 is 1. The molecule has 150 valence electrons. The number of hydrogen-bond donors (Lipinski definition) is 1. The first-order chi connectivity index (χ1) is 13.9. The van der Waals surface area contributed by atoms with Crippen molar-refractivity contribution in [3.63, 3.8) is 0 Å². The van der Waals surface area contributed by atoms with Gasteiger partial charge in [0.1, 0.15) is 18.2 Å². The minimum atomic E-state index is -0.466. The second kappa shape index (κ2) is 8.65. The van der Waals surface area contributed by atoms with Crippen molar-refractivity contribution >= 4 is 24.1 Å². The normalized spacial score (nSPS) is 11.0. The number of aromatic nitrogens is 3. The van der Waals surface area contributed by atoms with E-state index in [2.05, 4.69) is 15.3 Å². The van der Waals surface area contributed by atoms with Crippen molar-refractivity contribution < 1.29 is 14.4 Å². The molecule has 0 spiro atoms. The van der Waals surface area contributed by atoms with E-state index < -0.39 is 4.92 Å². The largest absolute Gasteiger partial charge is 0.496 e. The van der Waals surface area contributed by atoms with Gasteiger partial charge in [-0.2, -0.15) is 14.9 Å². The van der Waals surface area contributed by atoms with Gasteiger partial charge in [-0.15, -0.1) is 0 Å². The molecule has 10 heteroatoms. The topological polar surface area (TPSA) is 108 Å². The number of nitro benzene ring substituents is 1. The molecule has 0 unspecified atom stereocenters. The molecule has 0 aliphatic heterocycles. The Morgan fingerprint density at radius 3 is 2.72 bits per heavy atom. The average molecular weight is 413 g/mol. The fourth-order valence-electron chi connectivity index (χ4n) is 2.67. The molecule has 0 saturated heterocycles. The highest BCUT2D eigenvalue weighted by atomic mass is 32.1. The molecule has 1 N–H and O–H groups in total. The van der Waals surface area contributed by atoms with Crippen LogP contribution in [0.2, 0.25) is 0 Å². The molecule has 3 aromatic rings. The molecule has 9 nitrogen and oxygen atoms in total. The predicted molar refractivity (Wildman–Crippen MR) is 110 cm³/mol. The van der Waals surface area contributed by atoms with E-state index in [1.807, 2.05) is 19.1 Å². The summed E-state index contributed by atoms with van der Waals surface area (Å²) in [5.41, 5.74) is 2.29. The molecular weight excluding hydrogens is 394 g/mol. The Morgan fingerprint density at radius 1 is 1.28 bits per heavy atom. The molecular formula is C19H19N5O4S. The molecule has 0 radical (unpaired) electrons. The van der Waals surface area contributed by atoms with Crippen LogP contribution < -0.4 is 9.47 Å². The Kier molecular flexibility index (Phi) is 6.03. The number of benzene rings is 2. The van der Waals surface area contributed by atoms with Crippen LogP contribution in [-0.2, 0) is 6.61 Å². The summed E-state index contributed by atoms with van der Waals surface area (Å²) in [6, 6.07) is 10.2. The van der Waals surface area contributed by atoms with Crippen molar-refractivity contribution in [1.82, 2.24) is 14.9 Å². The molecule has 0 aliphatic rings. The SMILES string of the molecule is COc1ccc(/C=N/n2c(C)n[nH]c2=S)cc1COc1cc(C)ccc1[N+](=O)[O-]. The first-order valence-electron chi connectivity index (χ1n) is 8.62. The number of rotatable bonds is 7.